The molecule has 0 aromatic heterocycles. The van der Waals surface area contributed by atoms with Crippen LogP contribution in [0.15, 0.2) is 66.7 Å². The molecule has 0 aliphatic rings. The topological polar surface area (TPSA) is 162 Å². The first-order valence-corrected chi connectivity index (χ1v) is 16.5. The third-order valence-corrected chi connectivity index (χ3v) is 8.41. The number of rotatable bonds is 12. The number of amides is 2. The molecule has 2 atom stereocenters. The van der Waals surface area contributed by atoms with Gasteiger partial charge in [-0.05, 0) is 82.5 Å². The van der Waals surface area contributed by atoms with E-state index in [1.807, 2.05) is 77.1 Å². The summed E-state index contributed by atoms with van der Waals surface area (Å²) >= 11 is 0. The van der Waals surface area contributed by atoms with Crippen LogP contribution in [0, 0.1) is 11.3 Å². The van der Waals surface area contributed by atoms with Crippen LogP contribution in [-0.4, -0.2) is 38.4 Å². The van der Waals surface area contributed by atoms with Crippen molar-refractivity contribution in [3.8, 4) is 11.1 Å². The summed E-state index contributed by atoms with van der Waals surface area (Å²) in [5.41, 5.74) is 14.5. The second kappa shape index (κ2) is 13.8. The predicted octanol–water partition coefficient (Wildman–Crippen LogP) is 5.72. The van der Waals surface area contributed by atoms with E-state index in [2.05, 4.69) is 4.72 Å². The first-order chi connectivity index (χ1) is 20.4. The molecule has 0 fully saturated rings. The summed E-state index contributed by atoms with van der Waals surface area (Å²) in [5, 5.41) is 12.2. The van der Waals surface area contributed by atoms with Gasteiger partial charge in [-0.2, -0.15) is 0 Å². The lowest BCUT2D eigenvalue weighted by molar-refractivity contribution is -0.0775. The number of benzene rings is 3. The zero-order valence-corrected chi connectivity index (χ0v) is 27.2. The van der Waals surface area contributed by atoms with Crippen LogP contribution in [0.1, 0.15) is 80.4 Å². The molecule has 0 spiro atoms. The molecule has 0 aliphatic carbocycles. The molecule has 44 heavy (non-hydrogen) atoms. The van der Waals surface area contributed by atoms with Crippen molar-refractivity contribution in [1.29, 1.82) is 0 Å². The number of carbonyl (C=O) groups excluding carboxylic acids is 2. The fraction of sp³-hybridized carbons (Fsp3) is 0.412. The molecule has 2 amide bonds. The molecule has 9 nitrogen and oxygen atoms in total. The Hall–Kier alpha value is -3.89. The van der Waals surface area contributed by atoms with Gasteiger partial charge in [0.2, 0.25) is 10.0 Å². The van der Waals surface area contributed by atoms with Gasteiger partial charge in [0, 0.05) is 11.3 Å². The number of sulfonamides is 1. The number of nitrogen functional groups attached to an aromatic ring is 1. The minimum absolute atomic E-state index is 0.0965. The van der Waals surface area contributed by atoms with E-state index in [-0.39, 0.29) is 18.4 Å². The standard InChI is InChI=1S/C34H45N3O6S/c1-22(2)19-27-20-25(11-16-30(27)31(38)37-44(6,41)42)23-7-9-24(10-8-23)26(17-18-43-32(36)39)21-34(40,33(3,4)5)28-12-14-29(35)15-13-28/h7-16,20,22,26,40H,17-19,21,35H2,1-6H3,(H2,36,39)(H,37,38)/t26?,34-/m0/s1. The Bertz CT molecular complexity index is 1560. The Morgan fingerprint density at radius 2 is 1.55 bits per heavy atom. The van der Waals surface area contributed by atoms with E-state index >= 15 is 0 Å². The van der Waals surface area contributed by atoms with Crippen molar-refractivity contribution < 1.29 is 27.9 Å². The van der Waals surface area contributed by atoms with Gasteiger partial charge in [-0.25, -0.2) is 17.9 Å². The minimum atomic E-state index is -3.70. The molecule has 0 heterocycles. The van der Waals surface area contributed by atoms with Crippen LogP contribution in [0.4, 0.5) is 10.5 Å². The molecule has 3 aromatic carbocycles. The zero-order chi connectivity index (χ0) is 32.9. The lowest BCUT2D eigenvalue weighted by Gasteiger charge is -2.43. The molecule has 0 saturated heterocycles. The molecular formula is C34H45N3O6S. The lowest BCUT2D eigenvalue weighted by atomic mass is 9.66. The average Bonchev–Trinajstić information content (AvgIpc) is 2.90. The molecule has 10 heteroatoms. The quantitative estimate of drug-likeness (QED) is 0.188. The van der Waals surface area contributed by atoms with Crippen molar-refractivity contribution in [2.75, 3.05) is 18.6 Å². The van der Waals surface area contributed by atoms with E-state index in [0.717, 1.165) is 34.1 Å². The summed E-state index contributed by atoms with van der Waals surface area (Å²) in [6, 6.07) is 20.5. The van der Waals surface area contributed by atoms with Crippen molar-refractivity contribution in [2.24, 2.45) is 17.1 Å². The van der Waals surface area contributed by atoms with E-state index in [0.29, 0.717) is 30.5 Å². The molecule has 0 radical (unpaired) electrons. The number of ether oxygens (including phenoxy) is 1. The van der Waals surface area contributed by atoms with Gasteiger partial charge in [0.1, 0.15) is 0 Å². The maximum atomic E-state index is 12.7. The highest BCUT2D eigenvalue weighted by atomic mass is 32.2. The van der Waals surface area contributed by atoms with Gasteiger partial charge in [0.15, 0.2) is 0 Å². The van der Waals surface area contributed by atoms with Crippen molar-refractivity contribution in [2.45, 2.75) is 65.4 Å². The van der Waals surface area contributed by atoms with E-state index in [1.165, 1.54) is 0 Å². The Labute approximate surface area is 261 Å². The lowest BCUT2D eigenvalue weighted by Crippen LogP contribution is -2.41. The number of anilines is 1. The van der Waals surface area contributed by atoms with Crippen molar-refractivity contribution in [1.82, 2.24) is 4.72 Å². The normalized spacial score (nSPS) is 14.1. The van der Waals surface area contributed by atoms with Gasteiger partial charge in [-0.1, -0.05) is 83.1 Å². The highest BCUT2D eigenvalue weighted by molar-refractivity contribution is 7.89. The summed E-state index contributed by atoms with van der Waals surface area (Å²) in [6.07, 6.45) is 1.49. The molecule has 238 valence electrons. The Morgan fingerprint density at radius 3 is 2.07 bits per heavy atom. The number of primary amides is 1. The summed E-state index contributed by atoms with van der Waals surface area (Å²) < 4.78 is 30.5. The zero-order valence-electron chi connectivity index (χ0n) is 26.4. The summed E-state index contributed by atoms with van der Waals surface area (Å²) in [7, 11) is -3.70. The van der Waals surface area contributed by atoms with Crippen LogP contribution < -0.4 is 16.2 Å². The van der Waals surface area contributed by atoms with E-state index < -0.39 is 33.0 Å². The molecule has 0 bridgehead atoms. The fourth-order valence-corrected chi connectivity index (χ4v) is 5.88. The Morgan fingerprint density at radius 1 is 0.955 bits per heavy atom. The van der Waals surface area contributed by atoms with Gasteiger partial charge >= 0.3 is 6.09 Å². The third kappa shape index (κ3) is 9.06. The molecule has 3 rings (SSSR count). The first kappa shape index (κ1) is 34.6. The summed E-state index contributed by atoms with van der Waals surface area (Å²) in [6.45, 7) is 10.1. The van der Waals surface area contributed by atoms with Crippen LogP contribution in [-0.2, 0) is 26.8 Å². The molecular weight excluding hydrogens is 578 g/mol. The van der Waals surface area contributed by atoms with Crippen LogP contribution in [0.3, 0.4) is 0 Å². The Balaban J connectivity index is 1.99. The molecule has 1 unspecified atom stereocenters. The van der Waals surface area contributed by atoms with Crippen molar-refractivity contribution >= 4 is 27.7 Å². The average molecular weight is 624 g/mol. The second-order valence-electron chi connectivity index (χ2n) is 12.9. The second-order valence-corrected chi connectivity index (χ2v) is 14.6. The van der Waals surface area contributed by atoms with Crippen LogP contribution in [0.5, 0.6) is 0 Å². The van der Waals surface area contributed by atoms with Crippen LogP contribution in [0.25, 0.3) is 11.1 Å². The molecule has 3 aromatic rings. The van der Waals surface area contributed by atoms with Crippen molar-refractivity contribution in [3.05, 3.63) is 89.0 Å². The van der Waals surface area contributed by atoms with Gasteiger partial charge < -0.3 is 21.3 Å². The number of nitrogens with one attached hydrogen (secondary N) is 1. The van der Waals surface area contributed by atoms with Crippen molar-refractivity contribution in [3.63, 3.8) is 0 Å². The maximum Gasteiger partial charge on any atom is 0.404 e. The number of hydrogen-bond acceptors (Lipinski definition) is 7. The maximum absolute atomic E-state index is 12.7. The minimum Gasteiger partial charge on any atom is -0.450 e. The Kier molecular flexibility index (Phi) is 10.9. The van der Waals surface area contributed by atoms with Gasteiger partial charge in [-0.3, -0.25) is 4.79 Å². The SMILES string of the molecule is CC(C)Cc1cc(-c2ccc(C(CCOC(N)=O)C[C@](O)(c3ccc(N)cc3)C(C)(C)C)cc2)ccc1C(=O)NS(C)(=O)=O. The highest BCUT2D eigenvalue weighted by Crippen LogP contribution is 2.47. The predicted molar refractivity (Wildman–Crippen MR) is 174 cm³/mol. The number of nitrogens with two attached hydrogens (primary N) is 2. The summed E-state index contributed by atoms with van der Waals surface area (Å²) in [5.74, 6) is -0.606. The van der Waals surface area contributed by atoms with E-state index in [4.69, 9.17) is 16.2 Å². The molecule has 0 saturated carbocycles. The number of carbonyl (C=O) groups is 2. The van der Waals surface area contributed by atoms with E-state index in [9.17, 15) is 23.1 Å². The number of hydrogen-bond donors (Lipinski definition) is 4. The first-order valence-electron chi connectivity index (χ1n) is 14.7. The van der Waals surface area contributed by atoms with E-state index in [1.54, 1.807) is 24.3 Å². The summed E-state index contributed by atoms with van der Waals surface area (Å²) in [4.78, 5) is 24.0. The fourth-order valence-electron chi connectivity index (χ4n) is 5.44. The van der Waals surface area contributed by atoms with Gasteiger partial charge in [-0.15, -0.1) is 0 Å². The molecule has 0 aliphatic heterocycles. The van der Waals surface area contributed by atoms with Crippen LogP contribution >= 0.6 is 0 Å². The van der Waals surface area contributed by atoms with Gasteiger partial charge in [0.05, 0.1) is 18.5 Å². The largest absolute Gasteiger partial charge is 0.450 e. The number of aliphatic hydroxyl groups is 1. The van der Waals surface area contributed by atoms with Crippen LogP contribution in [0.2, 0.25) is 0 Å². The smallest absolute Gasteiger partial charge is 0.404 e. The van der Waals surface area contributed by atoms with Gasteiger partial charge in [0.25, 0.3) is 5.91 Å². The monoisotopic (exact) mass is 623 g/mol. The highest BCUT2D eigenvalue weighted by Gasteiger charge is 2.43. The molecule has 6 N–H and O–H groups in total. The third-order valence-electron chi connectivity index (χ3n) is 7.85.